The molecule has 0 unspecified atom stereocenters. The van der Waals surface area contributed by atoms with Gasteiger partial charge in [-0.2, -0.15) is 18.3 Å². The smallest absolute Gasteiger partial charge is 0.322 e. The minimum atomic E-state index is -4.61. The Labute approximate surface area is 216 Å². The number of hydrogen-bond acceptors (Lipinski definition) is 4. The first-order chi connectivity index (χ1) is 18.0. The fourth-order valence-corrected chi connectivity index (χ4v) is 4.83. The number of aromatic amines is 1. The fourth-order valence-electron chi connectivity index (χ4n) is 4.18. The van der Waals surface area contributed by atoms with E-state index in [-0.39, 0.29) is 21.6 Å². The van der Waals surface area contributed by atoms with Gasteiger partial charge in [0.1, 0.15) is 0 Å². The molecule has 0 atom stereocenters. The van der Waals surface area contributed by atoms with Gasteiger partial charge in [-0.25, -0.2) is 8.42 Å². The van der Waals surface area contributed by atoms with E-state index in [1.165, 1.54) is 30.3 Å². The van der Waals surface area contributed by atoms with E-state index < -0.39 is 27.5 Å². The summed E-state index contributed by atoms with van der Waals surface area (Å²) in [6.07, 6.45) is -3.62. The molecule has 0 spiro atoms. The zero-order valence-electron chi connectivity index (χ0n) is 19.9. The molecule has 0 aliphatic rings. The standard InChI is InChI=1S/C28H20F3N3O3S/c1-38(36,37)21-12-13-22(24(16-21)17-6-4-8-19(14-17)28(29,30)31)27(35)32-20-9-5-7-18(15-20)26-23-10-2-3-11-25(23)33-34-26/h2-16H,1H3,(H,32,35)(H,33,34). The van der Waals surface area contributed by atoms with E-state index in [0.717, 1.165) is 34.9 Å². The van der Waals surface area contributed by atoms with Crippen molar-refractivity contribution in [2.24, 2.45) is 0 Å². The van der Waals surface area contributed by atoms with Gasteiger partial charge in [0.05, 0.1) is 21.7 Å². The SMILES string of the molecule is CS(=O)(=O)c1ccc(C(=O)Nc2cccc(-c3n[nH]c4ccccc34)c2)c(-c2cccc(C(F)(F)F)c2)c1. The Balaban J connectivity index is 1.54. The van der Waals surface area contributed by atoms with Gasteiger partial charge in [-0.05, 0) is 59.7 Å². The Kier molecular flexibility index (Phi) is 6.28. The van der Waals surface area contributed by atoms with Gasteiger partial charge >= 0.3 is 6.18 Å². The van der Waals surface area contributed by atoms with Crippen molar-refractivity contribution in [1.82, 2.24) is 10.2 Å². The number of aromatic nitrogens is 2. The van der Waals surface area contributed by atoms with Crippen LogP contribution in [0.5, 0.6) is 0 Å². The number of anilines is 1. The number of carbonyl (C=O) groups is 1. The van der Waals surface area contributed by atoms with Gasteiger partial charge in [0.15, 0.2) is 9.84 Å². The third kappa shape index (κ3) is 5.03. The Hall–Kier alpha value is -4.44. The first kappa shape index (κ1) is 25.2. The fraction of sp³-hybridized carbons (Fsp3) is 0.0714. The Morgan fingerprint density at radius 1 is 0.868 bits per heavy atom. The molecule has 10 heteroatoms. The first-order valence-electron chi connectivity index (χ1n) is 11.4. The van der Waals surface area contributed by atoms with Crippen molar-refractivity contribution in [2.75, 3.05) is 11.6 Å². The van der Waals surface area contributed by atoms with E-state index >= 15 is 0 Å². The van der Waals surface area contributed by atoms with Crippen LogP contribution in [0.25, 0.3) is 33.3 Å². The molecule has 38 heavy (non-hydrogen) atoms. The lowest BCUT2D eigenvalue weighted by Gasteiger charge is -2.14. The molecule has 0 bridgehead atoms. The zero-order chi connectivity index (χ0) is 27.1. The second-order valence-corrected chi connectivity index (χ2v) is 10.7. The Morgan fingerprint density at radius 2 is 1.61 bits per heavy atom. The van der Waals surface area contributed by atoms with Gasteiger partial charge in [-0.15, -0.1) is 0 Å². The summed E-state index contributed by atoms with van der Waals surface area (Å²) in [4.78, 5) is 13.2. The number of nitrogens with one attached hydrogen (secondary N) is 2. The highest BCUT2D eigenvalue weighted by atomic mass is 32.2. The lowest BCUT2D eigenvalue weighted by Crippen LogP contribution is -2.14. The van der Waals surface area contributed by atoms with Crippen LogP contribution in [0, 0.1) is 0 Å². The average Bonchev–Trinajstić information content (AvgIpc) is 3.32. The van der Waals surface area contributed by atoms with Crippen molar-refractivity contribution in [2.45, 2.75) is 11.1 Å². The van der Waals surface area contributed by atoms with Gasteiger partial charge in [0, 0.05) is 28.5 Å². The van der Waals surface area contributed by atoms with Crippen molar-refractivity contribution >= 4 is 32.3 Å². The number of H-pyrrole nitrogens is 1. The molecule has 0 aliphatic carbocycles. The van der Waals surface area contributed by atoms with Crippen LogP contribution in [-0.4, -0.2) is 30.8 Å². The highest BCUT2D eigenvalue weighted by Gasteiger charge is 2.31. The molecule has 192 valence electrons. The van der Waals surface area contributed by atoms with E-state index in [2.05, 4.69) is 15.5 Å². The van der Waals surface area contributed by atoms with Gasteiger partial charge in [-0.3, -0.25) is 9.89 Å². The van der Waals surface area contributed by atoms with Crippen LogP contribution in [0.1, 0.15) is 15.9 Å². The van der Waals surface area contributed by atoms with E-state index in [9.17, 15) is 26.4 Å². The lowest BCUT2D eigenvalue weighted by atomic mass is 9.97. The predicted octanol–water partition coefficient (Wildman–Crippen LogP) is 6.57. The molecule has 0 saturated heterocycles. The molecular weight excluding hydrogens is 515 g/mol. The number of hydrogen-bond donors (Lipinski definition) is 2. The molecule has 5 aromatic rings. The predicted molar refractivity (Wildman–Crippen MR) is 139 cm³/mol. The molecule has 0 fully saturated rings. The van der Waals surface area contributed by atoms with Crippen LogP contribution in [0.2, 0.25) is 0 Å². The quantitative estimate of drug-likeness (QED) is 0.266. The number of fused-ring (bicyclic) bond motifs is 1. The molecule has 4 aromatic carbocycles. The normalized spacial score (nSPS) is 12.0. The summed E-state index contributed by atoms with van der Waals surface area (Å²) in [5.74, 6) is -0.610. The minimum Gasteiger partial charge on any atom is -0.322 e. The number of alkyl halides is 3. The number of carbonyl (C=O) groups excluding carboxylic acids is 1. The summed E-state index contributed by atoms with van der Waals surface area (Å²) in [7, 11) is -3.69. The minimum absolute atomic E-state index is 0.0207. The highest BCUT2D eigenvalue weighted by Crippen LogP contribution is 2.35. The summed E-state index contributed by atoms with van der Waals surface area (Å²) in [5.41, 5.74) is 1.95. The molecule has 0 radical (unpaired) electrons. The summed E-state index contributed by atoms with van der Waals surface area (Å²) in [6, 6.07) is 22.8. The van der Waals surface area contributed by atoms with Crippen LogP contribution < -0.4 is 5.32 Å². The van der Waals surface area contributed by atoms with E-state index in [1.54, 1.807) is 18.2 Å². The van der Waals surface area contributed by atoms with Crippen LogP contribution in [0.3, 0.4) is 0 Å². The maximum atomic E-state index is 13.4. The summed E-state index contributed by atoms with van der Waals surface area (Å²) < 4.78 is 64.4. The van der Waals surface area contributed by atoms with Crippen LogP contribution in [0.15, 0.2) is 95.9 Å². The average molecular weight is 536 g/mol. The highest BCUT2D eigenvalue weighted by molar-refractivity contribution is 7.90. The van der Waals surface area contributed by atoms with Gasteiger partial charge in [0.2, 0.25) is 0 Å². The Bertz CT molecular complexity index is 1790. The second-order valence-electron chi connectivity index (χ2n) is 8.71. The zero-order valence-corrected chi connectivity index (χ0v) is 20.7. The van der Waals surface area contributed by atoms with Gasteiger partial charge < -0.3 is 5.32 Å². The van der Waals surface area contributed by atoms with Crippen molar-refractivity contribution in [1.29, 1.82) is 0 Å². The number of nitrogens with zero attached hydrogens (tertiary/aromatic N) is 1. The van der Waals surface area contributed by atoms with Gasteiger partial charge in [-0.1, -0.05) is 42.5 Å². The number of rotatable bonds is 5. The molecule has 5 rings (SSSR count). The largest absolute Gasteiger partial charge is 0.416 e. The van der Waals surface area contributed by atoms with Crippen molar-refractivity contribution < 1.29 is 26.4 Å². The Morgan fingerprint density at radius 3 is 2.37 bits per heavy atom. The monoisotopic (exact) mass is 535 g/mol. The number of para-hydroxylation sites is 1. The summed E-state index contributed by atoms with van der Waals surface area (Å²) in [6.45, 7) is 0. The van der Waals surface area contributed by atoms with Crippen molar-refractivity contribution in [3.8, 4) is 22.4 Å². The lowest BCUT2D eigenvalue weighted by molar-refractivity contribution is -0.137. The maximum absolute atomic E-state index is 13.4. The van der Waals surface area contributed by atoms with E-state index in [1.807, 2.05) is 30.3 Å². The third-order valence-electron chi connectivity index (χ3n) is 6.03. The maximum Gasteiger partial charge on any atom is 0.416 e. The van der Waals surface area contributed by atoms with Crippen molar-refractivity contribution in [3.63, 3.8) is 0 Å². The summed E-state index contributed by atoms with van der Waals surface area (Å²) in [5, 5.41) is 11.0. The van der Waals surface area contributed by atoms with Crippen LogP contribution in [-0.2, 0) is 16.0 Å². The summed E-state index contributed by atoms with van der Waals surface area (Å²) >= 11 is 0. The van der Waals surface area contributed by atoms with E-state index in [0.29, 0.717) is 11.4 Å². The molecule has 1 aromatic heterocycles. The van der Waals surface area contributed by atoms with E-state index in [4.69, 9.17) is 0 Å². The first-order valence-corrected chi connectivity index (χ1v) is 13.3. The molecule has 1 amide bonds. The number of halogens is 3. The van der Waals surface area contributed by atoms with Crippen LogP contribution >= 0.6 is 0 Å². The second kappa shape index (κ2) is 9.46. The van der Waals surface area contributed by atoms with Crippen LogP contribution in [0.4, 0.5) is 18.9 Å². The number of sulfone groups is 1. The van der Waals surface area contributed by atoms with Crippen molar-refractivity contribution in [3.05, 3.63) is 102 Å². The topological polar surface area (TPSA) is 91.9 Å². The molecule has 2 N–H and O–H groups in total. The molecule has 6 nitrogen and oxygen atoms in total. The molecular formula is C28H20F3N3O3S. The van der Waals surface area contributed by atoms with Gasteiger partial charge in [0.25, 0.3) is 5.91 Å². The number of benzene rings is 4. The molecule has 1 heterocycles. The number of amides is 1. The molecule has 0 saturated carbocycles. The third-order valence-corrected chi connectivity index (χ3v) is 7.14. The molecule has 0 aliphatic heterocycles.